The minimum Gasteiger partial charge on any atom is -0.345 e. The van der Waals surface area contributed by atoms with Crippen molar-refractivity contribution in [2.24, 2.45) is 5.92 Å². The van der Waals surface area contributed by atoms with Gasteiger partial charge in [0.05, 0.1) is 12.0 Å². The molecule has 0 radical (unpaired) electrons. The summed E-state index contributed by atoms with van der Waals surface area (Å²) in [5.74, 6) is 0.0295. The fourth-order valence-electron chi connectivity index (χ4n) is 3.11. The molecule has 0 N–H and O–H groups in total. The van der Waals surface area contributed by atoms with Crippen molar-refractivity contribution in [3.8, 4) is 0 Å². The quantitative estimate of drug-likeness (QED) is 0.833. The maximum absolute atomic E-state index is 12.7. The molecular formula is C14H19N3O2S. The van der Waals surface area contributed by atoms with Gasteiger partial charge >= 0.3 is 0 Å². The van der Waals surface area contributed by atoms with Gasteiger partial charge in [0.25, 0.3) is 0 Å². The molecule has 2 amide bonds. The van der Waals surface area contributed by atoms with Crippen LogP contribution < -0.4 is 0 Å². The molecule has 2 saturated heterocycles. The fourth-order valence-corrected chi connectivity index (χ4v) is 3.90. The van der Waals surface area contributed by atoms with Crippen molar-refractivity contribution in [1.82, 2.24) is 14.8 Å². The second-order valence-corrected chi connectivity index (χ2v) is 6.52. The van der Waals surface area contributed by atoms with Crippen LogP contribution in [-0.4, -0.2) is 46.7 Å². The van der Waals surface area contributed by atoms with Crippen LogP contribution in [-0.2, 0) is 9.59 Å². The summed E-state index contributed by atoms with van der Waals surface area (Å²) < 4.78 is 0. The normalized spacial score (nSPS) is 27.1. The summed E-state index contributed by atoms with van der Waals surface area (Å²) >= 11 is 1.61. The van der Waals surface area contributed by atoms with E-state index in [1.807, 2.05) is 10.3 Å². The Kier molecular flexibility index (Phi) is 3.74. The van der Waals surface area contributed by atoms with E-state index in [1.165, 1.54) is 0 Å². The van der Waals surface area contributed by atoms with Gasteiger partial charge in [-0.25, -0.2) is 4.98 Å². The topological polar surface area (TPSA) is 53.5 Å². The van der Waals surface area contributed by atoms with E-state index >= 15 is 0 Å². The number of thiazole rings is 1. The number of likely N-dealkylation sites (tertiary alicyclic amines) is 2. The third-order valence-corrected chi connectivity index (χ3v) is 5.09. The molecule has 1 aromatic heterocycles. The monoisotopic (exact) mass is 293 g/mol. The van der Waals surface area contributed by atoms with Crippen LogP contribution in [0.2, 0.25) is 0 Å². The van der Waals surface area contributed by atoms with Gasteiger partial charge in [0.2, 0.25) is 11.8 Å². The highest BCUT2D eigenvalue weighted by Crippen LogP contribution is 2.34. The molecule has 6 heteroatoms. The summed E-state index contributed by atoms with van der Waals surface area (Å²) in [7, 11) is 1.77. The number of rotatable bonds is 2. The van der Waals surface area contributed by atoms with Crippen molar-refractivity contribution in [3.05, 3.63) is 16.6 Å². The van der Waals surface area contributed by atoms with Crippen LogP contribution in [0.5, 0.6) is 0 Å². The first kappa shape index (κ1) is 13.5. The summed E-state index contributed by atoms with van der Waals surface area (Å²) in [5, 5.41) is 2.98. The van der Waals surface area contributed by atoms with E-state index < -0.39 is 0 Å². The molecule has 1 aromatic rings. The van der Waals surface area contributed by atoms with E-state index in [1.54, 1.807) is 29.5 Å². The lowest BCUT2D eigenvalue weighted by Crippen LogP contribution is -2.42. The first-order valence-electron chi connectivity index (χ1n) is 7.10. The second-order valence-electron chi connectivity index (χ2n) is 5.59. The van der Waals surface area contributed by atoms with Crippen molar-refractivity contribution in [1.29, 1.82) is 0 Å². The first-order chi connectivity index (χ1) is 9.66. The third kappa shape index (κ3) is 2.44. The molecule has 0 saturated carbocycles. The number of nitrogens with zero attached hydrogens (tertiary/aromatic N) is 3. The van der Waals surface area contributed by atoms with Crippen molar-refractivity contribution in [3.63, 3.8) is 0 Å². The predicted octanol–water partition coefficient (Wildman–Crippen LogP) is 1.67. The number of carbonyl (C=O) groups is 2. The van der Waals surface area contributed by atoms with Gasteiger partial charge in [-0.2, -0.15) is 0 Å². The molecule has 0 aromatic carbocycles. The largest absolute Gasteiger partial charge is 0.345 e. The Labute approximate surface area is 122 Å². The zero-order valence-electron chi connectivity index (χ0n) is 11.6. The van der Waals surface area contributed by atoms with E-state index in [-0.39, 0.29) is 23.8 Å². The molecule has 3 rings (SSSR count). The van der Waals surface area contributed by atoms with Crippen LogP contribution >= 0.6 is 11.3 Å². The molecule has 2 aliphatic heterocycles. The van der Waals surface area contributed by atoms with Crippen LogP contribution in [0.15, 0.2) is 11.6 Å². The molecule has 2 aliphatic rings. The Bertz CT molecular complexity index is 503. The SMILES string of the molecule is CN1C[C@H](C(=O)N2CCCC[C@H]2c2nccs2)CC1=O. The average molecular weight is 293 g/mol. The van der Waals surface area contributed by atoms with Gasteiger partial charge in [0.15, 0.2) is 0 Å². The zero-order valence-corrected chi connectivity index (χ0v) is 12.4. The summed E-state index contributed by atoms with van der Waals surface area (Å²) in [5.41, 5.74) is 0. The van der Waals surface area contributed by atoms with Crippen molar-refractivity contribution < 1.29 is 9.59 Å². The van der Waals surface area contributed by atoms with Crippen LogP contribution in [0.1, 0.15) is 36.7 Å². The summed E-state index contributed by atoms with van der Waals surface area (Å²) in [6, 6.07) is 0.109. The molecule has 0 aliphatic carbocycles. The Morgan fingerprint density at radius 3 is 2.95 bits per heavy atom. The van der Waals surface area contributed by atoms with Crippen LogP contribution in [0.4, 0.5) is 0 Å². The summed E-state index contributed by atoms with van der Waals surface area (Å²) in [6.45, 7) is 1.34. The van der Waals surface area contributed by atoms with Gasteiger partial charge in [-0.05, 0) is 19.3 Å². The van der Waals surface area contributed by atoms with Crippen LogP contribution in [0.3, 0.4) is 0 Å². The molecule has 5 nitrogen and oxygen atoms in total. The minimum atomic E-state index is -0.173. The van der Waals surface area contributed by atoms with Gasteiger partial charge < -0.3 is 9.80 Å². The number of aromatic nitrogens is 1. The smallest absolute Gasteiger partial charge is 0.228 e. The molecule has 2 atom stereocenters. The van der Waals surface area contributed by atoms with Gasteiger partial charge in [-0.15, -0.1) is 11.3 Å². The molecule has 0 unspecified atom stereocenters. The number of carbonyl (C=O) groups excluding carboxylic acids is 2. The zero-order chi connectivity index (χ0) is 14.1. The molecule has 2 fully saturated rings. The van der Waals surface area contributed by atoms with Crippen molar-refractivity contribution in [2.45, 2.75) is 31.7 Å². The molecule has 0 bridgehead atoms. The third-order valence-electron chi connectivity index (χ3n) is 4.21. The second kappa shape index (κ2) is 5.52. The molecular weight excluding hydrogens is 274 g/mol. The standard InChI is InChI=1S/C14H19N3O2S/c1-16-9-10(8-12(16)18)14(19)17-6-3-2-4-11(17)13-15-5-7-20-13/h5,7,10-11H,2-4,6,8-9H2,1H3/t10-,11+/m1/s1. The number of amides is 2. The molecule has 108 valence electrons. The van der Waals surface area contributed by atoms with E-state index in [0.717, 1.165) is 30.8 Å². The molecule has 0 spiro atoms. The highest BCUT2D eigenvalue weighted by molar-refractivity contribution is 7.09. The Balaban J connectivity index is 1.76. The maximum Gasteiger partial charge on any atom is 0.228 e. The van der Waals surface area contributed by atoms with Gasteiger partial charge in [-0.3, -0.25) is 9.59 Å². The number of hydrogen-bond donors (Lipinski definition) is 0. The Morgan fingerprint density at radius 1 is 1.45 bits per heavy atom. The average Bonchev–Trinajstić information content (AvgIpc) is 3.09. The first-order valence-corrected chi connectivity index (χ1v) is 7.98. The predicted molar refractivity (Wildman–Crippen MR) is 76.2 cm³/mol. The minimum absolute atomic E-state index is 0.0751. The van der Waals surface area contributed by atoms with Gasteiger partial charge in [0, 0.05) is 38.1 Å². The van der Waals surface area contributed by atoms with E-state index in [9.17, 15) is 9.59 Å². The summed E-state index contributed by atoms with van der Waals surface area (Å²) in [4.78, 5) is 32.3. The lowest BCUT2D eigenvalue weighted by Gasteiger charge is -2.36. The van der Waals surface area contributed by atoms with Crippen LogP contribution in [0, 0.1) is 5.92 Å². The Hall–Kier alpha value is -1.43. The van der Waals surface area contributed by atoms with E-state index in [2.05, 4.69) is 4.98 Å². The highest BCUT2D eigenvalue weighted by Gasteiger charge is 2.38. The highest BCUT2D eigenvalue weighted by atomic mass is 32.1. The number of hydrogen-bond acceptors (Lipinski definition) is 4. The van der Waals surface area contributed by atoms with Crippen molar-refractivity contribution in [2.75, 3.05) is 20.1 Å². The van der Waals surface area contributed by atoms with Crippen LogP contribution in [0.25, 0.3) is 0 Å². The van der Waals surface area contributed by atoms with Crippen molar-refractivity contribution >= 4 is 23.2 Å². The van der Waals surface area contributed by atoms with E-state index in [4.69, 9.17) is 0 Å². The lowest BCUT2D eigenvalue weighted by molar-refractivity contribution is -0.139. The molecule has 3 heterocycles. The summed E-state index contributed by atoms with van der Waals surface area (Å²) in [6.07, 6.45) is 5.32. The van der Waals surface area contributed by atoms with Gasteiger partial charge in [-0.1, -0.05) is 0 Å². The fraction of sp³-hybridized carbons (Fsp3) is 0.643. The van der Waals surface area contributed by atoms with E-state index in [0.29, 0.717) is 13.0 Å². The van der Waals surface area contributed by atoms with Gasteiger partial charge in [0.1, 0.15) is 5.01 Å². The maximum atomic E-state index is 12.7. The lowest BCUT2D eigenvalue weighted by atomic mass is 9.99. The molecule has 20 heavy (non-hydrogen) atoms. The Morgan fingerprint density at radius 2 is 2.30 bits per heavy atom. The number of piperidine rings is 1.